The average Bonchev–Trinajstić information content (AvgIpc) is 3.57. The predicted octanol–water partition coefficient (Wildman–Crippen LogP) is 5.61. The molecule has 0 bridgehead atoms. The van der Waals surface area contributed by atoms with Gasteiger partial charge in [0.2, 0.25) is 0 Å². The molecule has 37 heavy (non-hydrogen) atoms. The maximum Gasteiger partial charge on any atom is 0.410 e. The summed E-state index contributed by atoms with van der Waals surface area (Å²) in [5.41, 5.74) is 3.41. The molecule has 0 saturated heterocycles. The fourth-order valence-electron chi connectivity index (χ4n) is 5.47. The Morgan fingerprint density at radius 3 is 2.54 bits per heavy atom. The molecule has 0 radical (unpaired) electrons. The molecule has 1 amide bonds. The molecule has 1 atom stereocenters. The standard InChI is InChI=1S/C29H35ClN2O5/c1-2-29(16-33,17-34)18-36-21-10-7-19(8-11-21)27-26-23(24-15-20(30)9-12-25(24)31-26)13-14-32(27)28(35)37-22-5-3-4-6-22/h7-12,15,22,27,31,33-34H,2-6,13-14,16-18H2,1H3. The molecule has 0 spiro atoms. The summed E-state index contributed by atoms with van der Waals surface area (Å²) in [7, 11) is 0. The van der Waals surface area contributed by atoms with Gasteiger partial charge in [0.15, 0.2) is 0 Å². The number of aliphatic hydroxyl groups is 2. The summed E-state index contributed by atoms with van der Waals surface area (Å²) in [5.74, 6) is 0.642. The van der Waals surface area contributed by atoms with Crippen LogP contribution < -0.4 is 4.74 Å². The molecular weight excluding hydrogens is 492 g/mol. The summed E-state index contributed by atoms with van der Waals surface area (Å²) in [4.78, 5) is 18.8. The molecule has 8 heteroatoms. The Balaban J connectivity index is 1.45. The number of nitrogens with zero attached hydrogens (tertiary/aromatic N) is 1. The van der Waals surface area contributed by atoms with Crippen LogP contribution in [0.2, 0.25) is 5.02 Å². The number of carbonyl (C=O) groups excluding carboxylic acids is 1. The Kier molecular flexibility index (Phi) is 7.65. The van der Waals surface area contributed by atoms with Gasteiger partial charge in [0, 0.05) is 28.2 Å². The summed E-state index contributed by atoms with van der Waals surface area (Å²) in [6, 6.07) is 13.2. The molecule has 3 aromatic rings. The van der Waals surface area contributed by atoms with Gasteiger partial charge in [-0.15, -0.1) is 0 Å². The van der Waals surface area contributed by atoms with Crippen molar-refractivity contribution in [1.29, 1.82) is 0 Å². The second-order valence-corrected chi connectivity index (χ2v) is 10.8. The molecule has 3 N–H and O–H groups in total. The number of aromatic nitrogens is 1. The van der Waals surface area contributed by atoms with E-state index < -0.39 is 5.41 Å². The van der Waals surface area contributed by atoms with Gasteiger partial charge < -0.3 is 24.7 Å². The van der Waals surface area contributed by atoms with Crippen LogP contribution in [0.4, 0.5) is 4.79 Å². The van der Waals surface area contributed by atoms with Gasteiger partial charge in [0.25, 0.3) is 0 Å². The van der Waals surface area contributed by atoms with Gasteiger partial charge in [-0.1, -0.05) is 30.7 Å². The van der Waals surface area contributed by atoms with Crippen LogP contribution in [0.5, 0.6) is 5.75 Å². The molecule has 5 rings (SSSR count). The highest BCUT2D eigenvalue weighted by Crippen LogP contribution is 2.40. The Morgan fingerprint density at radius 1 is 1.14 bits per heavy atom. The van der Waals surface area contributed by atoms with Crippen molar-refractivity contribution < 1.29 is 24.5 Å². The number of H-pyrrole nitrogens is 1. The number of aliphatic hydroxyl groups excluding tert-OH is 2. The van der Waals surface area contributed by atoms with Gasteiger partial charge in [-0.25, -0.2) is 4.79 Å². The number of rotatable bonds is 8. The zero-order valence-electron chi connectivity index (χ0n) is 21.2. The van der Waals surface area contributed by atoms with E-state index in [4.69, 9.17) is 21.1 Å². The maximum absolute atomic E-state index is 13.4. The van der Waals surface area contributed by atoms with Crippen LogP contribution in [0, 0.1) is 5.41 Å². The number of amides is 1. The van der Waals surface area contributed by atoms with E-state index in [0.717, 1.165) is 47.8 Å². The van der Waals surface area contributed by atoms with Gasteiger partial charge in [-0.05, 0) is 80.0 Å². The van der Waals surface area contributed by atoms with Crippen molar-refractivity contribution in [3.63, 3.8) is 0 Å². The summed E-state index contributed by atoms with van der Waals surface area (Å²) in [5, 5.41) is 21.2. The number of ether oxygens (including phenoxy) is 2. The Labute approximate surface area is 222 Å². The quantitative estimate of drug-likeness (QED) is 0.355. The molecule has 1 aliphatic carbocycles. The highest BCUT2D eigenvalue weighted by atomic mass is 35.5. The lowest BCUT2D eigenvalue weighted by molar-refractivity contribution is 0.0114. The summed E-state index contributed by atoms with van der Waals surface area (Å²) in [6.07, 6.45) is 5.08. The topological polar surface area (TPSA) is 95.0 Å². The lowest BCUT2D eigenvalue weighted by atomic mass is 9.88. The maximum atomic E-state index is 13.4. The van der Waals surface area contributed by atoms with E-state index in [2.05, 4.69) is 4.98 Å². The van der Waals surface area contributed by atoms with Crippen LogP contribution in [0.3, 0.4) is 0 Å². The second-order valence-electron chi connectivity index (χ2n) is 10.4. The normalized spacial score (nSPS) is 18.3. The molecule has 1 unspecified atom stereocenters. The molecule has 1 aliphatic heterocycles. The van der Waals surface area contributed by atoms with Crippen LogP contribution in [0.1, 0.15) is 61.9 Å². The monoisotopic (exact) mass is 526 g/mol. The minimum absolute atomic E-state index is 0.0104. The van der Waals surface area contributed by atoms with Crippen molar-refractivity contribution in [2.24, 2.45) is 5.41 Å². The Morgan fingerprint density at radius 2 is 1.86 bits per heavy atom. The van der Waals surface area contributed by atoms with Crippen LogP contribution in [-0.2, 0) is 11.2 Å². The first-order valence-corrected chi connectivity index (χ1v) is 13.6. The van der Waals surface area contributed by atoms with Crippen molar-refractivity contribution >= 4 is 28.6 Å². The van der Waals surface area contributed by atoms with Gasteiger partial charge in [-0.2, -0.15) is 0 Å². The molecule has 1 fully saturated rings. The first-order valence-electron chi connectivity index (χ1n) is 13.2. The molecular formula is C29H35ClN2O5. The summed E-state index contributed by atoms with van der Waals surface area (Å²) < 4.78 is 11.9. The molecule has 7 nitrogen and oxygen atoms in total. The lowest BCUT2D eigenvalue weighted by Gasteiger charge is -2.36. The number of benzene rings is 2. The van der Waals surface area contributed by atoms with Crippen molar-refractivity contribution in [3.8, 4) is 5.75 Å². The van der Waals surface area contributed by atoms with Crippen molar-refractivity contribution in [2.75, 3.05) is 26.4 Å². The van der Waals surface area contributed by atoms with E-state index in [9.17, 15) is 15.0 Å². The Hall–Kier alpha value is -2.74. The summed E-state index contributed by atoms with van der Waals surface area (Å²) >= 11 is 6.31. The lowest BCUT2D eigenvalue weighted by Crippen LogP contribution is -2.42. The molecule has 1 aromatic heterocycles. The van der Waals surface area contributed by atoms with E-state index in [1.807, 2.05) is 54.3 Å². The van der Waals surface area contributed by atoms with E-state index in [0.29, 0.717) is 30.2 Å². The third-order valence-electron chi connectivity index (χ3n) is 8.05. The zero-order valence-corrected chi connectivity index (χ0v) is 22.0. The first-order chi connectivity index (χ1) is 18.0. The number of fused-ring (bicyclic) bond motifs is 3. The largest absolute Gasteiger partial charge is 0.493 e. The zero-order chi connectivity index (χ0) is 26.0. The van der Waals surface area contributed by atoms with E-state index >= 15 is 0 Å². The molecule has 1 saturated carbocycles. The molecule has 2 aliphatic rings. The van der Waals surface area contributed by atoms with Crippen LogP contribution in [-0.4, -0.2) is 58.7 Å². The van der Waals surface area contributed by atoms with Crippen LogP contribution in [0.25, 0.3) is 10.9 Å². The van der Waals surface area contributed by atoms with Crippen molar-refractivity contribution in [3.05, 3.63) is 64.3 Å². The van der Waals surface area contributed by atoms with E-state index in [-0.39, 0.29) is 38.1 Å². The van der Waals surface area contributed by atoms with Gasteiger partial charge in [0.1, 0.15) is 17.9 Å². The number of nitrogens with one attached hydrogen (secondary N) is 1. The molecule has 2 aromatic carbocycles. The average molecular weight is 527 g/mol. The molecule has 198 valence electrons. The number of carbonyl (C=O) groups is 1. The van der Waals surface area contributed by atoms with E-state index in [1.54, 1.807) is 0 Å². The smallest absolute Gasteiger partial charge is 0.410 e. The third-order valence-corrected chi connectivity index (χ3v) is 8.29. The fourth-order valence-corrected chi connectivity index (χ4v) is 5.64. The van der Waals surface area contributed by atoms with Gasteiger partial charge in [-0.3, -0.25) is 4.90 Å². The van der Waals surface area contributed by atoms with Gasteiger partial charge in [0.05, 0.1) is 25.2 Å². The number of halogens is 1. The predicted molar refractivity (Wildman–Crippen MR) is 143 cm³/mol. The minimum atomic E-state index is -0.677. The summed E-state index contributed by atoms with van der Waals surface area (Å²) in [6.45, 7) is 2.39. The highest BCUT2D eigenvalue weighted by molar-refractivity contribution is 6.31. The SMILES string of the molecule is CCC(CO)(CO)COc1ccc(C2c3[nH]c4ccc(Cl)cc4c3CCN2C(=O)OC2CCCC2)cc1. The minimum Gasteiger partial charge on any atom is -0.493 e. The van der Waals surface area contributed by atoms with E-state index in [1.165, 1.54) is 5.56 Å². The van der Waals surface area contributed by atoms with Crippen LogP contribution in [0.15, 0.2) is 42.5 Å². The third kappa shape index (κ3) is 5.17. The second kappa shape index (κ2) is 10.9. The highest BCUT2D eigenvalue weighted by Gasteiger charge is 2.37. The first kappa shape index (κ1) is 25.9. The van der Waals surface area contributed by atoms with Gasteiger partial charge >= 0.3 is 6.09 Å². The molecule has 2 heterocycles. The van der Waals surface area contributed by atoms with Crippen molar-refractivity contribution in [2.45, 2.75) is 57.6 Å². The van der Waals surface area contributed by atoms with Crippen molar-refractivity contribution in [1.82, 2.24) is 9.88 Å². The Bertz CT molecular complexity index is 1220. The number of hydrogen-bond acceptors (Lipinski definition) is 5. The van der Waals surface area contributed by atoms with Crippen LogP contribution >= 0.6 is 11.6 Å². The number of hydrogen-bond donors (Lipinski definition) is 3. The fraction of sp³-hybridized carbons (Fsp3) is 0.483. The number of aromatic amines is 1.